The van der Waals surface area contributed by atoms with E-state index in [2.05, 4.69) is 52.2 Å². The van der Waals surface area contributed by atoms with Gasteiger partial charge in [0.1, 0.15) is 0 Å². The fourth-order valence-electron chi connectivity index (χ4n) is 3.64. The van der Waals surface area contributed by atoms with Crippen LogP contribution in [-0.2, 0) is 17.6 Å². The van der Waals surface area contributed by atoms with Gasteiger partial charge in [0.2, 0.25) is 0 Å². The number of aryl methyl sites for hydroxylation is 2. The molecule has 0 aromatic heterocycles. The Kier molecular flexibility index (Phi) is 5.27. The maximum Gasteiger partial charge on any atom is 0.319 e. The molecule has 2 aliphatic heterocycles. The molecule has 0 spiro atoms. The number of ether oxygens (including phenoxy) is 1. The van der Waals surface area contributed by atoms with E-state index in [1.807, 2.05) is 18.2 Å². The zero-order valence-corrected chi connectivity index (χ0v) is 15.6. The van der Waals surface area contributed by atoms with Crippen LogP contribution in [0.25, 0.3) is 0 Å². The maximum atomic E-state index is 12.3. The number of carbonyl (C=O) groups is 1. The smallest absolute Gasteiger partial charge is 0.319 e. The summed E-state index contributed by atoms with van der Waals surface area (Å²) in [6.07, 6.45) is 2.04. The molecule has 3 N–H and O–H groups in total. The second-order valence-electron chi connectivity index (χ2n) is 7.24. The van der Waals surface area contributed by atoms with Gasteiger partial charge in [0.25, 0.3) is 0 Å². The van der Waals surface area contributed by atoms with Crippen LogP contribution in [0.4, 0.5) is 21.9 Å². The van der Waals surface area contributed by atoms with Gasteiger partial charge in [-0.1, -0.05) is 24.3 Å². The Labute approximate surface area is 159 Å². The highest BCUT2D eigenvalue weighted by Crippen LogP contribution is 2.31. The third-order valence-corrected chi connectivity index (χ3v) is 5.15. The van der Waals surface area contributed by atoms with E-state index in [9.17, 15) is 4.79 Å². The molecule has 2 aromatic rings. The van der Waals surface area contributed by atoms with Crippen molar-refractivity contribution in [3.05, 3.63) is 53.6 Å². The van der Waals surface area contributed by atoms with Gasteiger partial charge in [-0.3, -0.25) is 0 Å². The van der Waals surface area contributed by atoms with Crippen LogP contribution in [0, 0.1) is 0 Å². The van der Waals surface area contributed by atoms with E-state index in [0.717, 1.165) is 43.0 Å². The molecule has 1 saturated heterocycles. The first-order chi connectivity index (χ1) is 13.2. The summed E-state index contributed by atoms with van der Waals surface area (Å²) < 4.78 is 5.68. The highest BCUT2D eigenvalue weighted by molar-refractivity contribution is 5.90. The second kappa shape index (κ2) is 7.98. The standard InChI is InChI=1S/C21H26N4O2/c1-25-10-11-27-18(14-25)13-22-21(26)23-17-9-8-16-7-6-15-4-2-3-5-19(15)24-20(16)12-17/h2-5,8-9,12,18,24H,6-7,10-11,13-14H2,1H3,(H2,22,23,26)/t18-/m1/s1. The van der Waals surface area contributed by atoms with E-state index < -0.39 is 0 Å². The van der Waals surface area contributed by atoms with Gasteiger partial charge in [-0.2, -0.15) is 0 Å². The minimum Gasteiger partial charge on any atom is -0.374 e. The maximum absolute atomic E-state index is 12.3. The number of para-hydroxylation sites is 1. The molecule has 2 aliphatic rings. The van der Waals surface area contributed by atoms with E-state index in [0.29, 0.717) is 13.2 Å². The van der Waals surface area contributed by atoms with Crippen LogP contribution in [0.5, 0.6) is 0 Å². The molecule has 27 heavy (non-hydrogen) atoms. The van der Waals surface area contributed by atoms with Crippen LogP contribution in [0.1, 0.15) is 11.1 Å². The number of benzene rings is 2. The zero-order chi connectivity index (χ0) is 18.6. The summed E-state index contributed by atoms with van der Waals surface area (Å²) in [6.45, 7) is 2.99. The molecule has 0 aliphatic carbocycles. The number of morpholine rings is 1. The number of nitrogens with one attached hydrogen (secondary N) is 3. The summed E-state index contributed by atoms with van der Waals surface area (Å²) in [7, 11) is 2.07. The summed E-state index contributed by atoms with van der Waals surface area (Å²) in [5, 5.41) is 9.34. The Balaban J connectivity index is 1.38. The Hall–Kier alpha value is -2.57. The predicted molar refractivity (Wildman–Crippen MR) is 108 cm³/mol. The zero-order valence-electron chi connectivity index (χ0n) is 15.6. The molecule has 0 bridgehead atoms. The van der Waals surface area contributed by atoms with E-state index in [1.54, 1.807) is 0 Å². The van der Waals surface area contributed by atoms with E-state index in [-0.39, 0.29) is 12.1 Å². The third-order valence-electron chi connectivity index (χ3n) is 5.15. The molecule has 6 heteroatoms. The van der Waals surface area contributed by atoms with Crippen molar-refractivity contribution in [3.63, 3.8) is 0 Å². The van der Waals surface area contributed by atoms with Gasteiger partial charge in [0.15, 0.2) is 0 Å². The predicted octanol–water partition coefficient (Wildman–Crippen LogP) is 2.98. The van der Waals surface area contributed by atoms with Crippen molar-refractivity contribution in [1.82, 2.24) is 10.2 Å². The van der Waals surface area contributed by atoms with Gasteiger partial charge >= 0.3 is 6.03 Å². The molecule has 2 amide bonds. The molecule has 6 nitrogen and oxygen atoms in total. The van der Waals surface area contributed by atoms with Gasteiger partial charge in [-0.15, -0.1) is 0 Å². The lowest BCUT2D eigenvalue weighted by atomic mass is 10.0. The topological polar surface area (TPSA) is 65.6 Å². The van der Waals surface area contributed by atoms with E-state index in [1.165, 1.54) is 11.1 Å². The van der Waals surface area contributed by atoms with Crippen molar-refractivity contribution in [2.75, 3.05) is 43.9 Å². The Bertz CT molecular complexity index is 824. The van der Waals surface area contributed by atoms with Crippen LogP contribution in [-0.4, -0.2) is 50.3 Å². The number of hydrogen-bond acceptors (Lipinski definition) is 4. The average molecular weight is 366 g/mol. The molecule has 1 fully saturated rings. The molecular weight excluding hydrogens is 340 g/mol. The van der Waals surface area contributed by atoms with Crippen molar-refractivity contribution < 1.29 is 9.53 Å². The third kappa shape index (κ3) is 4.40. The number of rotatable bonds is 3. The molecule has 2 aromatic carbocycles. The summed E-state index contributed by atoms with van der Waals surface area (Å²) in [6, 6.07) is 14.2. The van der Waals surface area contributed by atoms with Gasteiger partial charge in [-0.25, -0.2) is 4.79 Å². The molecular formula is C21H26N4O2. The van der Waals surface area contributed by atoms with E-state index in [4.69, 9.17) is 4.74 Å². The number of carbonyl (C=O) groups excluding carboxylic acids is 1. The first kappa shape index (κ1) is 17.8. The van der Waals surface area contributed by atoms with Crippen LogP contribution in [0.3, 0.4) is 0 Å². The number of anilines is 3. The molecule has 0 unspecified atom stereocenters. The minimum absolute atomic E-state index is 0.0414. The summed E-state index contributed by atoms with van der Waals surface area (Å²) >= 11 is 0. The summed E-state index contributed by atoms with van der Waals surface area (Å²) in [4.78, 5) is 14.5. The molecule has 0 radical (unpaired) electrons. The van der Waals surface area contributed by atoms with Crippen LogP contribution in [0.15, 0.2) is 42.5 Å². The lowest BCUT2D eigenvalue weighted by molar-refractivity contribution is -0.0166. The van der Waals surface area contributed by atoms with Crippen LogP contribution >= 0.6 is 0 Å². The minimum atomic E-state index is -0.208. The van der Waals surface area contributed by atoms with Crippen molar-refractivity contribution in [2.24, 2.45) is 0 Å². The fourth-order valence-corrected chi connectivity index (χ4v) is 3.64. The number of amides is 2. The normalized spacial score (nSPS) is 19.2. The molecule has 1 atom stereocenters. The lowest BCUT2D eigenvalue weighted by Gasteiger charge is -2.30. The quantitative estimate of drug-likeness (QED) is 0.781. The Morgan fingerprint density at radius 3 is 2.85 bits per heavy atom. The highest BCUT2D eigenvalue weighted by Gasteiger charge is 2.18. The number of likely N-dealkylation sites (N-methyl/N-ethyl adjacent to an activating group) is 1. The monoisotopic (exact) mass is 366 g/mol. The summed E-state index contributed by atoms with van der Waals surface area (Å²) in [5.74, 6) is 0. The van der Waals surface area contributed by atoms with Gasteiger partial charge in [-0.05, 0) is 49.2 Å². The number of fused-ring (bicyclic) bond motifs is 2. The van der Waals surface area contributed by atoms with Crippen molar-refractivity contribution >= 4 is 23.1 Å². The largest absolute Gasteiger partial charge is 0.374 e. The molecule has 2 heterocycles. The number of nitrogens with zero attached hydrogens (tertiary/aromatic N) is 1. The van der Waals surface area contributed by atoms with Crippen LogP contribution < -0.4 is 16.0 Å². The highest BCUT2D eigenvalue weighted by atomic mass is 16.5. The van der Waals surface area contributed by atoms with Crippen molar-refractivity contribution in [3.8, 4) is 0 Å². The molecule has 0 saturated carbocycles. The SMILES string of the molecule is CN1CCO[C@H](CNC(=O)Nc2ccc3c(c2)Nc2ccccc2CC3)C1. The van der Waals surface area contributed by atoms with Gasteiger partial charge < -0.3 is 25.6 Å². The Morgan fingerprint density at radius 2 is 2.00 bits per heavy atom. The number of urea groups is 1. The van der Waals surface area contributed by atoms with Gasteiger partial charge in [0.05, 0.1) is 12.7 Å². The molecule has 142 valence electrons. The first-order valence-corrected chi connectivity index (χ1v) is 9.50. The van der Waals surface area contributed by atoms with E-state index >= 15 is 0 Å². The Morgan fingerprint density at radius 1 is 1.19 bits per heavy atom. The van der Waals surface area contributed by atoms with Crippen molar-refractivity contribution in [1.29, 1.82) is 0 Å². The summed E-state index contributed by atoms with van der Waals surface area (Å²) in [5.41, 5.74) is 5.54. The molecule has 4 rings (SSSR count). The lowest BCUT2D eigenvalue weighted by Crippen LogP contribution is -2.46. The van der Waals surface area contributed by atoms with Crippen LogP contribution in [0.2, 0.25) is 0 Å². The average Bonchev–Trinajstić information content (AvgIpc) is 2.85. The second-order valence-corrected chi connectivity index (χ2v) is 7.24. The van der Waals surface area contributed by atoms with Gasteiger partial charge in [0, 0.05) is 36.7 Å². The number of hydrogen-bond donors (Lipinski definition) is 3. The fraction of sp³-hybridized carbons (Fsp3) is 0.381. The van der Waals surface area contributed by atoms with Crippen molar-refractivity contribution in [2.45, 2.75) is 18.9 Å². The first-order valence-electron chi connectivity index (χ1n) is 9.50.